The van der Waals surface area contributed by atoms with E-state index in [-0.39, 0.29) is 6.09 Å². The number of nitrogens with zero attached hydrogens (tertiary/aromatic N) is 1. The first-order valence-electron chi connectivity index (χ1n) is 7.28. The Bertz CT molecular complexity index is 647. The van der Waals surface area contributed by atoms with E-state index in [9.17, 15) is 4.79 Å². The lowest BCUT2D eigenvalue weighted by Crippen LogP contribution is -2.57. The minimum Gasteiger partial charge on any atom is -0.410 e. The molecule has 2 fully saturated rings. The summed E-state index contributed by atoms with van der Waals surface area (Å²) in [5.74, 6) is 0.620. The number of ether oxygens (including phenoxy) is 1. The van der Waals surface area contributed by atoms with E-state index in [0.717, 1.165) is 23.9 Å². The second-order valence-electron chi connectivity index (χ2n) is 6.18. The monoisotopic (exact) mass is 270 g/mol. The van der Waals surface area contributed by atoms with Crippen molar-refractivity contribution >= 4 is 16.9 Å². The summed E-state index contributed by atoms with van der Waals surface area (Å²) in [7, 11) is 0. The molecule has 4 heteroatoms. The van der Waals surface area contributed by atoms with Crippen molar-refractivity contribution in [2.75, 3.05) is 13.1 Å². The number of carbonyl (C=O) groups excluding carboxylic acids is 1. The van der Waals surface area contributed by atoms with Crippen molar-refractivity contribution in [3.63, 3.8) is 0 Å². The van der Waals surface area contributed by atoms with Gasteiger partial charge in [0.1, 0.15) is 5.75 Å². The van der Waals surface area contributed by atoms with Crippen molar-refractivity contribution < 1.29 is 9.53 Å². The number of likely N-dealkylation sites (tertiary alicyclic amines) is 1. The molecule has 0 unspecified atom stereocenters. The molecule has 1 spiro atoms. The molecule has 2 aliphatic rings. The molecule has 20 heavy (non-hydrogen) atoms. The highest BCUT2D eigenvalue weighted by Crippen LogP contribution is 2.45. The summed E-state index contributed by atoms with van der Waals surface area (Å²) in [6.07, 6.45) is 8.79. The third-order valence-electron chi connectivity index (χ3n) is 4.72. The maximum absolute atomic E-state index is 12.1. The molecule has 1 N–H and O–H groups in total. The van der Waals surface area contributed by atoms with Crippen LogP contribution in [0.5, 0.6) is 5.75 Å². The van der Waals surface area contributed by atoms with Gasteiger partial charge in [-0.15, -0.1) is 0 Å². The SMILES string of the molecule is O=C(Oc1ccc2c[nH]cc2c1)N1CC2(CCCC2)C1. The first kappa shape index (κ1) is 11.8. The summed E-state index contributed by atoms with van der Waals surface area (Å²) < 4.78 is 5.47. The van der Waals surface area contributed by atoms with Gasteiger partial charge >= 0.3 is 6.09 Å². The zero-order valence-corrected chi connectivity index (χ0v) is 11.4. The van der Waals surface area contributed by atoms with E-state index in [0.29, 0.717) is 11.2 Å². The fourth-order valence-corrected chi connectivity index (χ4v) is 3.59. The van der Waals surface area contributed by atoms with Crippen LogP contribution in [-0.2, 0) is 0 Å². The molecule has 1 aliphatic heterocycles. The van der Waals surface area contributed by atoms with Gasteiger partial charge in [0.25, 0.3) is 0 Å². The Hall–Kier alpha value is -1.97. The van der Waals surface area contributed by atoms with Gasteiger partial charge in [-0.1, -0.05) is 12.8 Å². The van der Waals surface area contributed by atoms with Gasteiger partial charge in [-0.05, 0) is 36.4 Å². The molecule has 1 amide bonds. The topological polar surface area (TPSA) is 45.3 Å². The average Bonchev–Trinajstić information content (AvgIpc) is 3.05. The molecule has 2 heterocycles. The predicted molar refractivity (Wildman–Crippen MR) is 76.8 cm³/mol. The number of amides is 1. The third-order valence-corrected chi connectivity index (χ3v) is 4.72. The zero-order valence-electron chi connectivity index (χ0n) is 11.4. The number of benzene rings is 1. The Balaban J connectivity index is 1.42. The van der Waals surface area contributed by atoms with Gasteiger partial charge in [-0.25, -0.2) is 4.79 Å². The predicted octanol–water partition coefficient (Wildman–Crippen LogP) is 3.54. The van der Waals surface area contributed by atoms with Crippen LogP contribution in [0.2, 0.25) is 0 Å². The molecule has 0 atom stereocenters. The fourth-order valence-electron chi connectivity index (χ4n) is 3.59. The van der Waals surface area contributed by atoms with Crippen molar-refractivity contribution in [2.45, 2.75) is 25.7 Å². The van der Waals surface area contributed by atoms with Crippen LogP contribution >= 0.6 is 0 Å². The van der Waals surface area contributed by atoms with Gasteiger partial charge < -0.3 is 14.6 Å². The van der Waals surface area contributed by atoms with E-state index >= 15 is 0 Å². The number of aromatic nitrogens is 1. The van der Waals surface area contributed by atoms with Crippen LogP contribution in [-0.4, -0.2) is 29.1 Å². The summed E-state index contributed by atoms with van der Waals surface area (Å²) in [5, 5.41) is 2.19. The highest BCUT2D eigenvalue weighted by Gasteiger charge is 2.47. The highest BCUT2D eigenvalue weighted by atomic mass is 16.6. The number of hydrogen-bond acceptors (Lipinski definition) is 2. The summed E-state index contributed by atoms with van der Waals surface area (Å²) >= 11 is 0. The molecule has 1 saturated heterocycles. The number of hydrogen-bond donors (Lipinski definition) is 1. The molecular formula is C16H18N2O2. The van der Waals surface area contributed by atoms with Gasteiger partial charge in [-0.3, -0.25) is 0 Å². The molecule has 0 radical (unpaired) electrons. The molecule has 4 rings (SSSR count). The van der Waals surface area contributed by atoms with Crippen LogP contribution in [0.3, 0.4) is 0 Å². The minimum atomic E-state index is -0.211. The van der Waals surface area contributed by atoms with Crippen molar-refractivity contribution in [3.05, 3.63) is 30.6 Å². The van der Waals surface area contributed by atoms with Crippen LogP contribution in [0.15, 0.2) is 30.6 Å². The summed E-state index contributed by atoms with van der Waals surface area (Å²) in [4.78, 5) is 17.0. The van der Waals surface area contributed by atoms with E-state index in [1.54, 1.807) is 0 Å². The molecule has 104 valence electrons. The first-order chi connectivity index (χ1) is 9.74. The number of carbonyl (C=O) groups is 1. The molecule has 0 bridgehead atoms. The first-order valence-corrected chi connectivity index (χ1v) is 7.28. The Labute approximate surface area is 117 Å². The quantitative estimate of drug-likeness (QED) is 0.861. The van der Waals surface area contributed by atoms with Crippen LogP contribution in [0.1, 0.15) is 25.7 Å². The maximum Gasteiger partial charge on any atom is 0.415 e. The van der Waals surface area contributed by atoms with Gasteiger partial charge in [0.05, 0.1) is 0 Å². The van der Waals surface area contributed by atoms with Crippen LogP contribution < -0.4 is 4.74 Å². The van der Waals surface area contributed by atoms with Crippen molar-refractivity contribution in [1.82, 2.24) is 9.88 Å². The number of H-pyrrole nitrogens is 1. The van der Waals surface area contributed by atoms with Crippen molar-refractivity contribution in [2.24, 2.45) is 5.41 Å². The van der Waals surface area contributed by atoms with Crippen LogP contribution in [0, 0.1) is 5.41 Å². The smallest absolute Gasteiger partial charge is 0.410 e. The largest absolute Gasteiger partial charge is 0.415 e. The Morgan fingerprint density at radius 2 is 1.90 bits per heavy atom. The van der Waals surface area contributed by atoms with E-state index in [1.807, 2.05) is 35.5 Å². The van der Waals surface area contributed by atoms with Crippen molar-refractivity contribution in [1.29, 1.82) is 0 Å². The number of rotatable bonds is 1. The lowest BCUT2D eigenvalue weighted by atomic mass is 9.79. The van der Waals surface area contributed by atoms with Gasteiger partial charge in [0, 0.05) is 36.3 Å². The van der Waals surface area contributed by atoms with E-state index in [4.69, 9.17) is 4.74 Å². The molecule has 1 aromatic carbocycles. The Kier molecular flexibility index (Phi) is 2.52. The normalized spacial score (nSPS) is 20.3. The number of nitrogens with one attached hydrogen (secondary N) is 1. The number of fused-ring (bicyclic) bond motifs is 1. The lowest BCUT2D eigenvalue weighted by Gasteiger charge is -2.47. The molecule has 1 saturated carbocycles. The lowest BCUT2D eigenvalue weighted by molar-refractivity contribution is 0.0187. The summed E-state index contributed by atoms with van der Waals surface area (Å²) in [6, 6.07) is 5.71. The van der Waals surface area contributed by atoms with E-state index in [2.05, 4.69) is 4.98 Å². The van der Waals surface area contributed by atoms with E-state index in [1.165, 1.54) is 25.7 Å². The van der Waals surface area contributed by atoms with E-state index < -0.39 is 0 Å². The minimum absolute atomic E-state index is 0.211. The standard InChI is InChI=1S/C16H18N2O2/c19-15(18-10-16(11-18)5-1-2-6-16)20-14-4-3-12-8-17-9-13(12)7-14/h3-4,7-9,17H,1-2,5-6,10-11H2. The number of aromatic amines is 1. The van der Waals surface area contributed by atoms with Gasteiger partial charge in [0.15, 0.2) is 0 Å². The second kappa shape index (κ2) is 4.27. The Morgan fingerprint density at radius 3 is 2.70 bits per heavy atom. The van der Waals surface area contributed by atoms with Gasteiger partial charge in [-0.2, -0.15) is 0 Å². The Morgan fingerprint density at radius 1 is 1.15 bits per heavy atom. The summed E-state index contributed by atoms with van der Waals surface area (Å²) in [5.41, 5.74) is 0.420. The molecule has 1 aliphatic carbocycles. The highest BCUT2D eigenvalue weighted by molar-refractivity contribution is 5.84. The fraction of sp³-hybridized carbons (Fsp3) is 0.438. The molecular weight excluding hydrogens is 252 g/mol. The van der Waals surface area contributed by atoms with Gasteiger partial charge in [0.2, 0.25) is 0 Å². The third kappa shape index (κ3) is 1.87. The molecule has 4 nitrogen and oxygen atoms in total. The molecule has 1 aromatic heterocycles. The second-order valence-corrected chi connectivity index (χ2v) is 6.18. The van der Waals surface area contributed by atoms with Crippen molar-refractivity contribution in [3.8, 4) is 5.75 Å². The van der Waals surface area contributed by atoms with Crippen LogP contribution in [0.25, 0.3) is 10.8 Å². The summed E-state index contributed by atoms with van der Waals surface area (Å²) in [6.45, 7) is 1.75. The van der Waals surface area contributed by atoms with Crippen LogP contribution in [0.4, 0.5) is 4.79 Å². The zero-order chi connectivity index (χ0) is 13.6. The average molecular weight is 270 g/mol. The maximum atomic E-state index is 12.1. The molecule has 2 aromatic rings.